The lowest BCUT2D eigenvalue weighted by atomic mass is 9.92. The molecule has 3 heteroatoms. The lowest BCUT2D eigenvalue weighted by molar-refractivity contribution is 1.18. The summed E-state index contributed by atoms with van der Waals surface area (Å²) in [6.07, 6.45) is 0. The van der Waals surface area contributed by atoms with E-state index in [0.717, 1.165) is 33.8 Å². The van der Waals surface area contributed by atoms with Crippen LogP contribution in [-0.2, 0) is 0 Å². The third kappa shape index (κ3) is 5.66. The monoisotopic (exact) mass is 780 g/mol. The average Bonchev–Trinajstić information content (AvgIpc) is 3.87. The maximum atomic E-state index is 5.19. The molecule has 9 aromatic carbocycles. The standard InChI is InChI=1S/C57H36N2S/c1-3-14-37(15-4-1)41-35-52(38-16-5-2-6-17-38)58-53(36-41)39-28-31-42(32-29-39)59-54-26-9-7-18-47(54)51-34-40(30-33-55(51)59)43-20-11-22-45-44(43)21-12-23-46(45)49-24-13-25-50-48-19-8-10-27-56(48)60-57(49)50/h1-36H. The van der Waals surface area contributed by atoms with Gasteiger partial charge in [-0.2, -0.15) is 0 Å². The summed E-state index contributed by atoms with van der Waals surface area (Å²) in [4.78, 5) is 5.19. The van der Waals surface area contributed by atoms with E-state index in [4.69, 9.17) is 4.98 Å². The van der Waals surface area contributed by atoms with Gasteiger partial charge in [-0.1, -0.05) is 170 Å². The minimum atomic E-state index is 0.951. The van der Waals surface area contributed by atoms with Gasteiger partial charge in [0.1, 0.15) is 0 Å². The first-order valence-corrected chi connectivity index (χ1v) is 21.3. The fourth-order valence-corrected chi connectivity index (χ4v) is 10.4. The molecule has 0 saturated heterocycles. The number of para-hydroxylation sites is 1. The van der Waals surface area contributed by atoms with E-state index in [-0.39, 0.29) is 0 Å². The predicted molar refractivity (Wildman–Crippen MR) is 256 cm³/mol. The molecule has 0 aliphatic rings. The van der Waals surface area contributed by atoms with Crippen molar-refractivity contribution in [2.75, 3.05) is 0 Å². The molecule has 0 spiro atoms. The molecule has 3 heterocycles. The van der Waals surface area contributed by atoms with Crippen molar-refractivity contribution >= 4 is 64.1 Å². The Morgan fingerprint density at radius 3 is 1.63 bits per heavy atom. The van der Waals surface area contributed by atoms with E-state index in [2.05, 4.69) is 217 Å². The number of rotatable bonds is 6. The molecule has 0 bridgehead atoms. The highest BCUT2D eigenvalue weighted by Crippen LogP contribution is 2.44. The van der Waals surface area contributed by atoms with Gasteiger partial charge >= 0.3 is 0 Å². The minimum Gasteiger partial charge on any atom is -0.309 e. The number of benzene rings is 9. The van der Waals surface area contributed by atoms with Crippen LogP contribution < -0.4 is 0 Å². The second-order valence-electron chi connectivity index (χ2n) is 15.5. The summed E-state index contributed by atoms with van der Waals surface area (Å²) in [7, 11) is 0. The van der Waals surface area contributed by atoms with E-state index in [1.54, 1.807) is 0 Å². The first-order valence-electron chi connectivity index (χ1n) is 20.4. The van der Waals surface area contributed by atoms with Gasteiger partial charge in [0, 0.05) is 53.3 Å². The zero-order valence-corrected chi connectivity index (χ0v) is 33.4. The molecule has 0 amide bonds. The number of hydrogen-bond donors (Lipinski definition) is 0. The lowest BCUT2D eigenvalue weighted by Gasteiger charge is -2.13. The van der Waals surface area contributed by atoms with Crippen molar-refractivity contribution in [3.05, 3.63) is 218 Å². The van der Waals surface area contributed by atoms with Crippen LogP contribution in [0.3, 0.4) is 0 Å². The van der Waals surface area contributed by atoms with Crippen molar-refractivity contribution in [3.63, 3.8) is 0 Å². The largest absolute Gasteiger partial charge is 0.309 e. The van der Waals surface area contributed by atoms with Gasteiger partial charge in [0.15, 0.2) is 0 Å². The van der Waals surface area contributed by atoms with Crippen molar-refractivity contribution in [2.45, 2.75) is 0 Å². The van der Waals surface area contributed by atoms with Gasteiger partial charge in [0.05, 0.1) is 22.4 Å². The third-order valence-corrected chi connectivity index (χ3v) is 13.2. The van der Waals surface area contributed by atoms with Gasteiger partial charge in [0.2, 0.25) is 0 Å². The first-order chi connectivity index (χ1) is 29.7. The average molecular weight is 781 g/mol. The van der Waals surface area contributed by atoms with Crippen LogP contribution in [0.15, 0.2) is 218 Å². The minimum absolute atomic E-state index is 0.951. The van der Waals surface area contributed by atoms with Gasteiger partial charge < -0.3 is 4.57 Å². The second kappa shape index (κ2) is 14.1. The van der Waals surface area contributed by atoms with Crippen LogP contribution in [0.5, 0.6) is 0 Å². The Kier molecular flexibility index (Phi) is 8.07. The normalized spacial score (nSPS) is 11.7. The Balaban J connectivity index is 0.958. The Hall–Kier alpha value is -7.59. The molecule has 0 unspecified atom stereocenters. The van der Waals surface area contributed by atoms with Gasteiger partial charge in [-0.15, -0.1) is 11.3 Å². The summed E-state index contributed by atoms with van der Waals surface area (Å²) in [5.41, 5.74) is 14.9. The van der Waals surface area contributed by atoms with Gasteiger partial charge in [-0.25, -0.2) is 4.98 Å². The molecular weight excluding hydrogens is 745 g/mol. The molecule has 3 aromatic heterocycles. The first kappa shape index (κ1) is 34.5. The van der Waals surface area contributed by atoms with E-state index in [1.165, 1.54) is 80.6 Å². The highest BCUT2D eigenvalue weighted by atomic mass is 32.1. The zero-order valence-electron chi connectivity index (χ0n) is 32.6. The van der Waals surface area contributed by atoms with E-state index < -0.39 is 0 Å². The van der Waals surface area contributed by atoms with Crippen LogP contribution in [0, 0.1) is 0 Å². The number of hydrogen-bond acceptors (Lipinski definition) is 2. The number of thiophene rings is 1. The van der Waals surface area contributed by atoms with Crippen LogP contribution in [0.2, 0.25) is 0 Å². The fourth-order valence-electron chi connectivity index (χ4n) is 9.19. The van der Waals surface area contributed by atoms with Crippen molar-refractivity contribution in [1.82, 2.24) is 9.55 Å². The summed E-state index contributed by atoms with van der Waals surface area (Å²) >= 11 is 1.89. The molecule has 0 atom stereocenters. The van der Waals surface area contributed by atoms with Crippen molar-refractivity contribution in [2.24, 2.45) is 0 Å². The van der Waals surface area contributed by atoms with Crippen LogP contribution in [0.4, 0.5) is 0 Å². The van der Waals surface area contributed by atoms with Crippen LogP contribution in [0.25, 0.3) is 114 Å². The van der Waals surface area contributed by atoms with Crippen molar-refractivity contribution < 1.29 is 0 Å². The molecule has 0 fully saturated rings. The maximum Gasteiger partial charge on any atom is 0.0715 e. The molecule has 0 aliphatic heterocycles. The van der Waals surface area contributed by atoms with E-state index >= 15 is 0 Å². The molecule has 0 aliphatic carbocycles. The summed E-state index contributed by atoms with van der Waals surface area (Å²) in [5, 5.41) is 7.64. The summed E-state index contributed by atoms with van der Waals surface area (Å²) in [6, 6.07) is 79.1. The lowest BCUT2D eigenvalue weighted by Crippen LogP contribution is -1.95. The summed E-state index contributed by atoms with van der Waals surface area (Å²) < 4.78 is 5.06. The molecule has 12 rings (SSSR count). The summed E-state index contributed by atoms with van der Waals surface area (Å²) in [6.45, 7) is 0. The topological polar surface area (TPSA) is 17.8 Å². The molecule has 280 valence electrons. The van der Waals surface area contributed by atoms with Crippen molar-refractivity contribution in [1.29, 1.82) is 0 Å². The van der Waals surface area contributed by atoms with E-state index in [0.29, 0.717) is 0 Å². The Morgan fingerprint density at radius 2 is 0.867 bits per heavy atom. The van der Waals surface area contributed by atoms with Gasteiger partial charge in [-0.05, 0) is 87.1 Å². The highest BCUT2D eigenvalue weighted by Gasteiger charge is 2.17. The number of aromatic nitrogens is 2. The molecule has 0 saturated carbocycles. The molecule has 12 aromatic rings. The van der Waals surface area contributed by atoms with Gasteiger partial charge in [-0.3, -0.25) is 0 Å². The van der Waals surface area contributed by atoms with Crippen molar-refractivity contribution in [3.8, 4) is 61.6 Å². The zero-order chi connectivity index (χ0) is 39.6. The number of nitrogens with zero attached hydrogens (tertiary/aromatic N) is 2. The fraction of sp³-hybridized carbons (Fsp3) is 0. The van der Waals surface area contributed by atoms with E-state index in [9.17, 15) is 0 Å². The van der Waals surface area contributed by atoms with Crippen LogP contribution in [-0.4, -0.2) is 9.55 Å². The van der Waals surface area contributed by atoms with E-state index in [1.807, 2.05) is 17.4 Å². The molecule has 0 N–H and O–H groups in total. The smallest absolute Gasteiger partial charge is 0.0715 e. The maximum absolute atomic E-state index is 5.19. The number of fused-ring (bicyclic) bond motifs is 7. The van der Waals surface area contributed by atoms with Crippen LogP contribution >= 0.6 is 11.3 Å². The SMILES string of the molecule is c1ccc(-c2cc(-c3ccccc3)nc(-c3ccc(-n4c5ccccc5c5cc(-c6cccc7c(-c8cccc9c8sc8ccccc89)cccc67)ccc54)cc3)c2)cc1. The Labute approximate surface area is 351 Å². The Morgan fingerprint density at radius 1 is 0.317 bits per heavy atom. The third-order valence-electron chi connectivity index (χ3n) is 12.0. The predicted octanol–water partition coefficient (Wildman–Crippen LogP) is 16.0. The number of pyridine rings is 1. The molecule has 0 radical (unpaired) electrons. The second-order valence-corrected chi connectivity index (χ2v) is 16.5. The molecule has 2 nitrogen and oxygen atoms in total. The Bertz CT molecular complexity index is 3520. The van der Waals surface area contributed by atoms with Crippen LogP contribution in [0.1, 0.15) is 0 Å². The molecular formula is C57H36N2S. The summed E-state index contributed by atoms with van der Waals surface area (Å²) in [5.74, 6) is 0. The quantitative estimate of drug-likeness (QED) is 0.164. The van der Waals surface area contributed by atoms with Gasteiger partial charge in [0.25, 0.3) is 0 Å². The highest BCUT2D eigenvalue weighted by molar-refractivity contribution is 7.26. The molecule has 60 heavy (non-hydrogen) atoms.